The quantitative estimate of drug-likeness (QED) is 0.604. The molecule has 0 saturated heterocycles. The number of nitrogens with zero attached hydrogens (tertiary/aromatic N) is 1. The van der Waals surface area contributed by atoms with Gasteiger partial charge in [-0.25, -0.2) is 0 Å². The highest BCUT2D eigenvalue weighted by Crippen LogP contribution is 2.36. The van der Waals surface area contributed by atoms with Crippen LogP contribution < -0.4 is 5.32 Å². The topological polar surface area (TPSA) is 49.4 Å². The van der Waals surface area contributed by atoms with Crippen LogP contribution in [0, 0.1) is 0 Å². The molecule has 0 bridgehead atoms. The molecule has 1 aromatic heterocycles. The lowest BCUT2D eigenvalue weighted by Crippen LogP contribution is -2.32. The van der Waals surface area contributed by atoms with Crippen LogP contribution in [0.2, 0.25) is 0 Å². The van der Waals surface area contributed by atoms with E-state index in [-0.39, 0.29) is 17.1 Å². The van der Waals surface area contributed by atoms with Gasteiger partial charge in [-0.05, 0) is 48.6 Å². The Balaban J connectivity index is 1.55. The molecule has 4 rings (SSSR count). The average Bonchev–Trinajstić information content (AvgIpc) is 3.25. The molecule has 2 amide bonds. The van der Waals surface area contributed by atoms with Gasteiger partial charge >= 0.3 is 0 Å². The average molecular weight is 423 g/mol. The molecule has 2 aromatic carbocycles. The maximum absolute atomic E-state index is 13.3. The second-order valence-corrected chi connectivity index (χ2v) is 9.42. The standard InChI is InChI=1S/C23H22N2O2S2/c1-16-22(26)24-20-14-18(9-10-21(20)29-16)23(27)25(15-19-8-5-13-28-19)12-11-17-6-3-2-4-7-17/h2-10,13-14,16H,11-12,15H2,1H3,(H,24,26)/t16-/m0/s1. The van der Waals surface area contributed by atoms with Crippen molar-refractivity contribution in [2.24, 2.45) is 0 Å². The molecular weight excluding hydrogens is 400 g/mol. The fraction of sp³-hybridized carbons (Fsp3) is 0.217. The molecule has 29 heavy (non-hydrogen) atoms. The number of fused-ring (bicyclic) bond motifs is 1. The Hall–Kier alpha value is -2.57. The molecule has 0 spiro atoms. The molecule has 3 aromatic rings. The molecule has 4 nitrogen and oxygen atoms in total. The highest BCUT2D eigenvalue weighted by atomic mass is 32.2. The molecular formula is C23H22N2O2S2. The Morgan fingerprint density at radius 2 is 1.93 bits per heavy atom. The second-order valence-electron chi connectivity index (χ2n) is 7.00. The van der Waals surface area contributed by atoms with Gasteiger partial charge in [0.05, 0.1) is 17.5 Å². The minimum atomic E-state index is -0.120. The van der Waals surface area contributed by atoms with Crippen molar-refractivity contribution in [1.82, 2.24) is 4.90 Å². The van der Waals surface area contributed by atoms with E-state index in [0.29, 0.717) is 18.7 Å². The van der Waals surface area contributed by atoms with Crippen LogP contribution in [-0.2, 0) is 17.8 Å². The Bertz CT molecular complexity index is 1000. The molecule has 1 aliphatic heterocycles. The third-order valence-corrected chi connectivity index (χ3v) is 6.92. The van der Waals surface area contributed by atoms with Crippen molar-refractivity contribution in [3.63, 3.8) is 0 Å². The summed E-state index contributed by atoms with van der Waals surface area (Å²) in [6.07, 6.45) is 0.799. The Labute approximate surface area is 178 Å². The summed E-state index contributed by atoms with van der Waals surface area (Å²) >= 11 is 3.18. The van der Waals surface area contributed by atoms with Crippen LogP contribution in [0.1, 0.15) is 27.7 Å². The zero-order chi connectivity index (χ0) is 20.2. The number of hydrogen-bond acceptors (Lipinski definition) is 4. The number of amides is 2. The lowest BCUT2D eigenvalue weighted by molar-refractivity contribution is -0.115. The summed E-state index contributed by atoms with van der Waals surface area (Å²) < 4.78 is 0. The van der Waals surface area contributed by atoms with Crippen molar-refractivity contribution in [2.75, 3.05) is 11.9 Å². The largest absolute Gasteiger partial charge is 0.333 e. The number of carbonyl (C=O) groups is 2. The Morgan fingerprint density at radius 3 is 2.69 bits per heavy atom. The lowest BCUT2D eigenvalue weighted by atomic mass is 10.1. The van der Waals surface area contributed by atoms with Gasteiger partial charge in [-0.1, -0.05) is 36.4 Å². The first-order chi connectivity index (χ1) is 14.1. The molecule has 0 fully saturated rings. The number of carbonyl (C=O) groups excluding carboxylic acids is 2. The van der Waals surface area contributed by atoms with E-state index in [4.69, 9.17) is 0 Å². The molecule has 0 aliphatic carbocycles. The van der Waals surface area contributed by atoms with Gasteiger partial charge in [-0.2, -0.15) is 0 Å². The first-order valence-electron chi connectivity index (χ1n) is 9.57. The van der Waals surface area contributed by atoms with E-state index in [1.807, 2.05) is 53.6 Å². The van der Waals surface area contributed by atoms with Crippen LogP contribution in [0.3, 0.4) is 0 Å². The summed E-state index contributed by atoms with van der Waals surface area (Å²) in [5.41, 5.74) is 2.53. The summed E-state index contributed by atoms with van der Waals surface area (Å²) in [5, 5.41) is 4.83. The number of benzene rings is 2. The van der Waals surface area contributed by atoms with Gasteiger partial charge in [0.25, 0.3) is 5.91 Å². The van der Waals surface area contributed by atoms with E-state index in [1.165, 1.54) is 17.3 Å². The van der Waals surface area contributed by atoms with Gasteiger partial charge in [0.1, 0.15) is 0 Å². The minimum Gasteiger partial charge on any atom is -0.333 e. The van der Waals surface area contributed by atoms with Crippen LogP contribution in [0.15, 0.2) is 70.9 Å². The van der Waals surface area contributed by atoms with Gasteiger partial charge in [-0.3, -0.25) is 9.59 Å². The lowest BCUT2D eigenvalue weighted by Gasteiger charge is -2.25. The third-order valence-electron chi connectivity index (χ3n) is 4.88. The van der Waals surface area contributed by atoms with E-state index in [0.717, 1.165) is 21.9 Å². The highest BCUT2D eigenvalue weighted by molar-refractivity contribution is 8.00. The fourth-order valence-electron chi connectivity index (χ4n) is 3.28. The molecule has 1 atom stereocenters. The number of thiophene rings is 1. The molecule has 0 saturated carbocycles. The monoisotopic (exact) mass is 422 g/mol. The van der Waals surface area contributed by atoms with Crippen molar-refractivity contribution >= 4 is 40.6 Å². The SMILES string of the molecule is C[C@@H]1Sc2ccc(C(=O)N(CCc3ccccc3)Cc3cccs3)cc2NC1=O. The first-order valence-corrected chi connectivity index (χ1v) is 11.3. The van der Waals surface area contributed by atoms with Crippen molar-refractivity contribution < 1.29 is 9.59 Å². The van der Waals surface area contributed by atoms with Gasteiger partial charge in [-0.15, -0.1) is 23.1 Å². The molecule has 148 valence electrons. The minimum absolute atomic E-state index is 0.0185. The molecule has 6 heteroatoms. The predicted octanol–water partition coefficient (Wildman–Crippen LogP) is 5.07. The normalized spacial score (nSPS) is 15.5. The molecule has 0 radical (unpaired) electrons. The third kappa shape index (κ3) is 4.71. The maximum Gasteiger partial charge on any atom is 0.254 e. The van der Waals surface area contributed by atoms with Crippen molar-refractivity contribution in [2.45, 2.75) is 30.0 Å². The number of thioether (sulfide) groups is 1. The van der Waals surface area contributed by atoms with E-state index in [2.05, 4.69) is 23.5 Å². The summed E-state index contributed by atoms with van der Waals surface area (Å²) in [5.74, 6) is -0.0402. The van der Waals surface area contributed by atoms with Crippen LogP contribution in [-0.4, -0.2) is 28.5 Å². The maximum atomic E-state index is 13.3. The van der Waals surface area contributed by atoms with Gasteiger partial charge in [0.2, 0.25) is 5.91 Å². The van der Waals surface area contributed by atoms with E-state index in [9.17, 15) is 9.59 Å². The van der Waals surface area contributed by atoms with Crippen molar-refractivity contribution in [3.8, 4) is 0 Å². The summed E-state index contributed by atoms with van der Waals surface area (Å²) in [6, 6.07) is 19.9. The van der Waals surface area contributed by atoms with Gasteiger partial charge < -0.3 is 10.2 Å². The number of hydrogen-bond donors (Lipinski definition) is 1. The van der Waals surface area contributed by atoms with E-state index < -0.39 is 0 Å². The van der Waals surface area contributed by atoms with Crippen LogP contribution in [0.4, 0.5) is 5.69 Å². The predicted molar refractivity (Wildman–Crippen MR) is 120 cm³/mol. The molecule has 2 heterocycles. The molecule has 1 aliphatic rings. The Kier molecular flexibility index (Phi) is 6.02. The van der Waals surface area contributed by atoms with Crippen LogP contribution in [0.25, 0.3) is 0 Å². The molecule has 0 unspecified atom stereocenters. The first kappa shape index (κ1) is 19.7. The number of nitrogens with one attached hydrogen (secondary N) is 1. The van der Waals surface area contributed by atoms with Crippen molar-refractivity contribution in [1.29, 1.82) is 0 Å². The second kappa shape index (κ2) is 8.84. The number of rotatable bonds is 6. The summed E-state index contributed by atoms with van der Waals surface area (Å²) in [7, 11) is 0. The fourth-order valence-corrected chi connectivity index (χ4v) is 4.93. The van der Waals surface area contributed by atoms with Crippen LogP contribution in [0.5, 0.6) is 0 Å². The van der Waals surface area contributed by atoms with Crippen LogP contribution >= 0.6 is 23.1 Å². The number of anilines is 1. The highest BCUT2D eigenvalue weighted by Gasteiger charge is 2.25. The summed E-state index contributed by atoms with van der Waals surface area (Å²) in [6.45, 7) is 3.10. The van der Waals surface area contributed by atoms with E-state index >= 15 is 0 Å². The molecule has 1 N–H and O–H groups in total. The zero-order valence-electron chi connectivity index (χ0n) is 16.1. The zero-order valence-corrected chi connectivity index (χ0v) is 17.8. The van der Waals surface area contributed by atoms with Gasteiger partial charge in [0, 0.05) is 21.9 Å². The summed E-state index contributed by atoms with van der Waals surface area (Å²) in [4.78, 5) is 29.4. The van der Waals surface area contributed by atoms with Gasteiger partial charge in [0.15, 0.2) is 0 Å². The Morgan fingerprint density at radius 1 is 1.10 bits per heavy atom. The van der Waals surface area contributed by atoms with E-state index in [1.54, 1.807) is 17.4 Å². The smallest absolute Gasteiger partial charge is 0.254 e. The van der Waals surface area contributed by atoms with Crippen molar-refractivity contribution in [3.05, 3.63) is 82.0 Å².